The van der Waals surface area contributed by atoms with Gasteiger partial charge in [-0.05, 0) is 18.9 Å². The number of hydrogen-bond donors (Lipinski definition) is 2. The number of aromatic nitrogens is 2. The summed E-state index contributed by atoms with van der Waals surface area (Å²) in [5.41, 5.74) is 0. The molecule has 5 heteroatoms. The van der Waals surface area contributed by atoms with Crippen molar-refractivity contribution < 1.29 is 4.79 Å². The number of hydrogen-bond acceptors (Lipinski definition) is 3. The summed E-state index contributed by atoms with van der Waals surface area (Å²) in [4.78, 5) is 15.5. The average molecular weight is 252 g/mol. The lowest BCUT2D eigenvalue weighted by Crippen LogP contribution is -2.22. The summed E-state index contributed by atoms with van der Waals surface area (Å²) >= 11 is 0. The third-order valence-corrected chi connectivity index (χ3v) is 2.72. The minimum absolute atomic E-state index is 0.0922. The van der Waals surface area contributed by atoms with Crippen molar-refractivity contribution >= 4 is 5.91 Å². The molecular formula is C13H24N4O. The number of nitrogens with one attached hydrogen (secondary N) is 2. The smallest absolute Gasteiger partial charge is 0.219 e. The fourth-order valence-corrected chi connectivity index (χ4v) is 1.72. The first-order valence-electron chi connectivity index (χ1n) is 6.54. The lowest BCUT2D eigenvalue weighted by atomic mass is 10.2. The average Bonchev–Trinajstić information content (AvgIpc) is 2.76. The van der Waals surface area contributed by atoms with Crippen LogP contribution >= 0.6 is 0 Å². The number of nitrogens with zero attached hydrogens (tertiary/aromatic N) is 2. The Labute approximate surface area is 109 Å². The van der Waals surface area contributed by atoms with Gasteiger partial charge in [0, 0.05) is 32.4 Å². The van der Waals surface area contributed by atoms with Crippen molar-refractivity contribution in [3.63, 3.8) is 0 Å². The molecule has 0 aliphatic rings. The Morgan fingerprint density at radius 3 is 2.94 bits per heavy atom. The van der Waals surface area contributed by atoms with Gasteiger partial charge in [0.1, 0.15) is 5.82 Å². The molecule has 0 unspecified atom stereocenters. The number of carbonyl (C=O) groups is 1. The molecule has 18 heavy (non-hydrogen) atoms. The molecule has 1 aromatic rings. The highest BCUT2D eigenvalue weighted by Crippen LogP contribution is 2.02. The van der Waals surface area contributed by atoms with Crippen LogP contribution < -0.4 is 10.6 Å². The van der Waals surface area contributed by atoms with Gasteiger partial charge in [-0.3, -0.25) is 4.79 Å². The minimum atomic E-state index is 0.0922. The molecule has 0 aliphatic carbocycles. The Bertz CT molecular complexity index is 360. The second kappa shape index (κ2) is 7.87. The number of amides is 1. The Balaban J connectivity index is 2.33. The molecule has 0 saturated carbocycles. The lowest BCUT2D eigenvalue weighted by Gasteiger charge is -2.10. The third-order valence-electron chi connectivity index (χ3n) is 2.72. The molecule has 102 valence electrons. The summed E-state index contributed by atoms with van der Waals surface area (Å²) in [5, 5.41) is 6.01. The summed E-state index contributed by atoms with van der Waals surface area (Å²) in [6, 6.07) is 0. The van der Waals surface area contributed by atoms with E-state index in [4.69, 9.17) is 0 Å². The van der Waals surface area contributed by atoms with Crippen molar-refractivity contribution in [3.05, 3.63) is 18.2 Å². The van der Waals surface area contributed by atoms with Gasteiger partial charge in [-0.15, -0.1) is 0 Å². The molecule has 5 nitrogen and oxygen atoms in total. The fraction of sp³-hybridized carbons (Fsp3) is 0.692. The molecule has 0 aromatic carbocycles. The normalized spacial score (nSPS) is 10.9. The first kappa shape index (κ1) is 14.7. The molecule has 0 radical (unpaired) electrons. The van der Waals surface area contributed by atoms with Crippen molar-refractivity contribution in [2.45, 2.75) is 39.8 Å². The fourth-order valence-electron chi connectivity index (χ4n) is 1.72. The van der Waals surface area contributed by atoms with Crippen LogP contribution in [0, 0.1) is 5.92 Å². The van der Waals surface area contributed by atoms with Crippen LogP contribution in [0.3, 0.4) is 0 Å². The van der Waals surface area contributed by atoms with Crippen molar-refractivity contribution in [2.24, 2.45) is 5.92 Å². The van der Waals surface area contributed by atoms with E-state index in [1.54, 1.807) is 7.05 Å². The number of rotatable bonds is 8. The number of aryl methyl sites for hydroxylation is 1. The van der Waals surface area contributed by atoms with E-state index in [1.807, 2.05) is 12.4 Å². The largest absolute Gasteiger partial charge is 0.359 e. The standard InChI is InChI=1S/C13H24N4O/c1-11(2)9-15-10-12-16-6-8-17(12)7-4-5-13(18)14-3/h6,8,11,15H,4-5,7,9-10H2,1-3H3,(H,14,18). The van der Waals surface area contributed by atoms with Crippen LogP contribution in [-0.4, -0.2) is 29.1 Å². The lowest BCUT2D eigenvalue weighted by molar-refractivity contribution is -0.120. The maximum absolute atomic E-state index is 11.1. The second-order valence-corrected chi connectivity index (χ2v) is 4.84. The first-order valence-corrected chi connectivity index (χ1v) is 6.54. The van der Waals surface area contributed by atoms with Crippen molar-refractivity contribution in [1.29, 1.82) is 0 Å². The van der Waals surface area contributed by atoms with Gasteiger partial charge in [0.15, 0.2) is 0 Å². The minimum Gasteiger partial charge on any atom is -0.359 e. The van der Waals surface area contributed by atoms with Crippen molar-refractivity contribution in [3.8, 4) is 0 Å². The van der Waals surface area contributed by atoms with Gasteiger partial charge < -0.3 is 15.2 Å². The molecular weight excluding hydrogens is 228 g/mol. The molecule has 0 bridgehead atoms. The quantitative estimate of drug-likeness (QED) is 0.730. The van der Waals surface area contributed by atoms with Gasteiger partial charge in [0.2, 0.25) is 5.91 Å². The van der Waals surface area contributed by atoms with E-state index in [1.165, 1.54) is 0 Å². The van der Waals surface area contributed by atoms with E-state index in [0.717, 1.165) is 31.9 Å². The molecule has 1 aromatic heterocycles. The summed E-state index contributed by atoms with van der Waals surface area (Å²) in [7, 11) is 1.67. The summed E-state index contributed by atoms with van der Waals surface area (Å²) < 4.78 is 2.11. The maximum Gasteiger partial charge on any atom is 0.219 e. The van der Waals surface area contributed by atoms with E-state index < -0.39 is 0 Å². The highest BCUT2D eigenvalue weighted by atomic mass is 16.1. The van der Waals surface area contributed by atoms with Crippen LogP contribution in [0.15, 0.2) is 12.4 Å². The maximum atomic E-state index is 11.1. The van der Waals surface area contributed by atoms with Gasteiger partial charge in [-0.2, -0.15) is 0 Å². The third kappa shape index (κ3) is 5.31. The number of imidazole rings is 1. The zero-order chi connectivity index (χ0) is 13.4. The van der Waals surface area contributed by atoms with Gasteiger partial charge >= 0.3 is 0 Å². The predicted molar refractivity (Wildman–Crippen MR) is 72.1 cm³/mol. The van der Waals surface area contributed by atoms with Crippen LogP contribution in [0.2, 0.25) is 0 Å². The zero-order valence-electron chi connectivity index (χ0n) is 11.6. The van der Waals surface area contributed by atoms with E-state index in [0.29, 0.717) is 12.3 Å². The van der Waals surface area contributed by atoms with Gasteiger partial charge in [0.25, 0.3) is 0 Å². The Morgan fingerprint density at radius 2 is 2.28 bits per heavy atom. The van der Waals surface area contributed by atoms with Crippen LogP contribution in [0.5, 0.6) is 0 Å². The van der Waals surface area contributed by atoms with Crippen LogP contribution in [0.1, 0.15) is 32.5 Å². The van der Waals surface area contributed by atoms with E-state index in [-0.39, 0.29) is 5.91 Å². The molecule has 0 atom stereocenters. The summed E-state index contributed by atoms with van der Waals surface area (Å²) in [5.74, 6) is 1.77. The molecule has 0 aliphatic heterocycles. The number of carbonyl (C=O) groups excluding carboxylic acids is 1. The van der Waals surface area contributed by atoms with Crippen LogP contribution in [-0.2, 0) is 17.9 Å². The Morgan fingerprint density at radius 1 is 1.50 bits per heavy atom. The molecule has 0 fully saturated rings. The topological polar surface area (TPSA) is 59.0 Å². The first-order chi connectivity index (χ1) is 8.63. The van der Waals surface area contributed by atoms with Crippen LogP contribution in [0.25, 0.3) is 0 Å². The van der Waals surface area contributed by atoms with Crippen molar-refractivity contribution in [2.75, 3.05) is 13.6 Å². The van der Waals surface area contributed by atoms with Gasteiger partial charge in [-0.1, -0.05) is 13.8 Å². The molecule has 2 N–H and O–H groups in total. The van der Waals surface area contributed by atoms with Gasteiger partial charge in [-0.25, -0.2) is 4.98 Å². The Hall–Kier alpha value is -1.36. The van der Waals surface area contributed by atoms with Crippen molar-refractivity contribution in [1.82, 2.24) is 20.2 Å². The molecule has 1 heterocycles. The zero-order valence-corrected chi connectivity index (χ0v) is 11.6. The van der Waals surface area contributed by atoms with E-state index in [2.05, 4.69) is 34.0 Å². The van der Waals surface area contributed by atoms with Crippen LogP contribution in [0.4, 0.5) is 0 Å². The molecule has 0 spiro atoms. The molecule has 1 rings (SSSR count). The predicted octanol–water partition coefficient (Wildman–Crippen LogP) is 1.15. The highest BCUT2D eigenvalue weighted by molar-refractivity contribution is 5.75. The molecule has 1 amide bonds. The highest BCUT2D eigenvalue weighted by Gasteiger charge is 2.04. The van der Waals surface area contributed by atoms with E-state index >= 15 is 0 Å². The second-order valence-electron chi connectivity index (χ2n) is 4.84. The van der Waals surface area contributed by atoms with E-state index in [9.17, 15) is 4.79 Å². The van der Waals surface area contributed by atoms with Gasteiger partial charge in [0.05, 0.1) is 6.54 Å². The monoisotopic (exact) mass is 252 g/mol. The SMILES string of the molecule is CNC(=O)CCCn1ccnc1CNCC(C)C. The summed E-state index contributed by atoms with van der Waals surface area (Å²) in [6.45, 7) is 6.98. The Kier molecular flexibility index (Phi) is 6.43. The summed E-state index contributed by atoms with van der Waals surface area (Å²) in [6.07, 6.45) is 5.18. The molecule has 0 saturated heterocycles.